The number of aryl methyl sites for hydroxylation is 1. The molecule has 1 aromatic rings. The smallest absolute Gasteiger partial charge is 0.186 e. The molecule has 0 radical (unpaired) electrons. The molecule has 2 aliphatic rings. The fraction of sp³-hybridized carbons (Fsp3) is 0.786. The number of hydrogen-bond donors (Lipinski definition) is 1. The van der Waals surface area contributed by atoms with Crippen molar-refractivity contribution in [3.63, 3.8) is 0 Å². The molecular formula is C14H24N4S. The quantitative estimate of drug-likeness (QED) is 0.912. The minimum absolute atomic E-state index is 0.563. The molecule has 2 fully saturated rings. The van der Waals surface area contributed by atoms with Gasteiger partial charge in [0, 0.05) is 43.1 Å². The summed E-state index contributed by atoms with van der Waals surface area (Å²) in [5.41, 5.74) is 1.21. The van der Waals surface area contributed by atoms with Gasteiger partial charge in [-0.05, 0) is 33.7 Å². The number of aromatic nitrogens is 1. The van der Waals surface area contributed by atoms with Crippen LogP contribution in [0.2, 0.25) is 0 Å². The molecule has 1 atom stereocenters. The van der Waals surface area contributed by atoms with Gasteiger partial charge in [0.2, 0.25) is 0 Å². The van der Waals surface area contributed by atoms with Gasteiger partial charge in [-0.1, -0.05) is 0 Å². The van der Waals surface area contributed by atoms with E-state index in [4.69, 9.17) is 4.98 Å². The van der Waals surface area contributed by atoms with Gasteiger partial charge >= 0.3 is 0 Å². The van der Waals surface area contributed by atoms with Gasteiger partial charge < -0.3 is 15.1 Å². The minimum atomic E-state index is 0.563. The summed E-state index contributed by atoms with van der Waals surface area (Å²) in [6.07, 6.45) is 2.69. The molecule has 3 rings (SSSR count). The van der Waals surface area contributed by atoms with Crippen molar-refractivity contribution in [2.75, 3.05) is 31.6 Å². The number of thiazole rings is 1. The number of likely N-dealkylation sites (N-methyl/N-ethyl adjacent to an activating group) is 1. The number of hydrogen-bond acceptors (Lipinski definition) is 5. The Hall–Kier alpha value is -0.650. The Labute approximate surface area is 119 Å². The minimum Gasteiger partial charge on any atom is -0.343 e. The standard InChI is InChI=1S/C14H24N4S/c1-10-9-17(3)6-7-18(10)14-16-11(2)13(19-14)8-15-12-4-5-12/h10,12,15H,4-9H2,1-3H3. The van der Waals surface area contributed by atoms with E-state index >= 15 is 0 Å². The molecule has 1 aliphatic carbocycles. The van der Waals surface area contributed by atoms with Crippen molar-refractivity contribution in [2.45, 2.75) is 45.3 Å². The summed E-state index contributed by atoms with van der Waals surface area (Å²) in [4.78, 5) is 11.1. The summed E-state index contributed by atoms with van der Waals surface area (Å²) in [5.74, 6) is 0. The van der Waals surface area contributed by atoms with Gasteiger partial charge in [-0.3, -0.25) is 0 Å². The fourth-order valence-corrected chi connectivity index (χ4v) is 3.79. The summed E-state index contributed by atoms with van der Waals surface area (Å²) >= 11 is 1.87. The van der Waals surface area contributed by atoms with Crippen molar-refractivity contribution in [1.29, 1.82) is 0 Å². The second-order valence-corrected chi connectivity index (χ2v) is 7.03. The Kier molecular flexibility index (Phi) is 3.78. The topological polar surface area (TPSA) is 31.4 Å². The molecule has 1 N–H and O–H groups in total. The van der Waals surface area contributed by atoms with Gasteiger partial charge in [-0.15, -0.1) is 11.3 Å². The van der Waals surface area contributed by atoms with E-state index in [9.17, 15) is 0 Å². The molecule has 0 aromatic carbocycles. The van der Waals surface area contributed by atoms with Gasteiger partial charge in [0.05, 0.1) is 5.69 Å². The molecule has 0 spiro atoms. The molecule has 4 nitrogen and oxygen atoms in total. The zero-order valence-electron chi connectivity index (χ0n) is 12.1. The zero-order chi connectivity index (χ0) is 13.4. The lowest BCUT2D eigenvalue weighted by atomic mass is 10.2. The fourth-order valence-electron chi connectivity index (χ4n) is 2.65. The van der Waals surface area contributed by atoms with Crippen LogP contribution in [0.15, 0.2) is 0 Å². The van der Waals surface area contributed by atoms with Crippen LogP contribution >= 0.6 is 11.3 Å². The van der Waals surface area contributed by atoms with Crippen molar-refractivity contribution in [3.8, 4) is 0 Å². The maximum Gasteiger partial charge on any atom is 0.186 e. The van der Waals surface area contributed by atoms with Crippen LogP contribution in [0.5, 0.6) is 0 Å². The van der Waals surface area contributed by atoms with Crippen molar-refractivity contribution < 1.29 is 0 Å². The van der Waals surface area contributed by atoms with Crippen LogP contribution in [-0.4, -0.2) is 48.6 Å². The van der Waals surface area contributed by atoms with Crippen LogP contribution in [0.1, 0.15) is 30.3 Å². The third kappa shape index (κ3) is 3.09. The first kappa shape index (κ1) is 13.3. The van der Waals surface area contributed by atoms with E-state index in [0.717, 1.165) is 32.2 Å². The summed E-state index contributed by atoms with van der Waals surface area (Å²) in [7, 11) is 2.20. The summed E-state index contributed by atoms with van der Waals surface area (Å²) in [5, 5.41) is 4.81. The highest BCUT2D eigenvalue weighted by molar-refractivity contribution is 7.15. The molecule has 1 saturated carbocycles. The van der Waals surface area contributed by atoms with E-state index in [0.29, 0.717) is 6.04 Å². The molecule has 1 aliphatic heterocycles. The Balaban J connectivity index is 1.68. The predicted molar refractivity (Wildman–Crippen MR) is 81.0 cm³/mol. The lowest BCUT2D eigenvalue weighted by Crippen LogP contribution is -2.50. The van der Waals surface area contributed by atoms with Crippen molar-refractivity contribution in [2.24, 2.45) is 0 Å². The molecule has 1 saturated heterocycles. The maximum absolute atomic E-state index is 4.79. The number of anilines is 1. The monoisotopic (exact) mass is 280 g/mol. The van der Waals surface area contributed by atoms with Crippen molar-refractivity contribution >= 4 is 16.5 Å². The van der Waals surface area contributed by atoms with Gasteiger partial charge in [0.25, 0.3) is 0 Å². The summed E-state index contributed by atoms with van der Waals surface area (Å²) < 4.78 is 0. The lowest BCUT2D eigenvalue weighted by molar-refractivity contribution is 0.275. The number of rotatable bonds is 4. The van der Waals surface area contributed by atoms with Crippen LogP contribution < -0.4 is 10.2 Å². The number of nitrogens with one attached hydrogen (secondary N) is 1. The first-order valence-corrected chi connectivity index (χ1v) is 8.10. The highest BCUT2D eigenvalue weighted by atomic mass is 32.1. The largest absolute Gasteiger partial charge is 0.343 e. The Morgan fingerprint density at radius 1 is 1.37 bits per heavy atom. The average Bonchev–Trinajstić information content (AvgIpc) is 3.11. The van der Waals surface area contributed by atoms with Crippen LogP contribution in [0, 0.1) is 6.92 Å². The lowest BCUT2D eigenvalue weighted by Gasteiger charge is -2.38. The van der Waals surface area contributed by atoms with Gasteiger partial charge in [0.1, 0.15) is 0 Å². The van der Waals surface area contributed by atoms with E-state index in [1.807, 2.05) is 11.3 Å². The Morgan fingerprint density at radius 3 is 2.84 bits per heavy atom. The molecule has 0 bridgehead atoms. The van der Waals surface area contributed by atoms with Crippen LogP contribution in [0.3, 0.4) is 0 Å². The van der Waals surface area contributed by atoms with E-state index in [2.05, 4.69) is 36.0 Å². The van der Waals surface area contributed by atoms with Crippen LogP contribution in [-0.2, 0) is 6.54 Å². The average molecular weight is 280 g/mol. The van der Waals surface area contributed by atoms with Gasteiger partial charge in [0.15, 0.2) is 5.13 Å². The van der Waals surface area contributed by atoms with Crippen LogP contribution in [0.4, 0.5) is 5.13 Å². The molecule has 106 valence electrons. The van der Waals surface area contributed by atoms with E-state index in [1.165, 1.54) is 28.5 Å². The molecule has 1 aromatic heterocycles. The highest BCUT2D eigenvalue weighted by Crippen LogP contribution is 2.29. The SMILES string of the molecule is Cc1nc(N2CCN(C)CC2C)sc1CNC1CC1. The second kappa shape index (κ2) is 5.38. The molecule has 2 heterocycles. The Morgan fingerprint density at radius 2 is 2.16 bits per heavy atom. The summed E-state index contributed by atoms with van der Waals surface area (Å²) in [6, 6.07) is 1.33. The third-order valence-electron chi connectivity index (χ3n) is 4.09. The molecule has 19 heavy (non-hydrogen) atoms. The van der Waals surface area contributed by atoms with E-state index in [-0.39, 0.29) is 0 Å². The van der Waals surface area contributed by atoms with Gasteiger partial charge in [-0.25, -0.2) is 4.98 Å². The second-order valence-electron chi connectivity index (χ2n) is 5.96. The number of nitrogens with zero attached hydrogens (tertiary/aromatic N) is 3. The van der Waals surface area contributed by atoms with E-state index < -0.39 is 0 Å². The molecule has 0 amide bonds. The highest BCUT2D eigenvalue weighted by Gasteiger charge is 2.25. The molecule has 1 unspecified atom stereocenters. The third-order valence-corrected chi connectivity index (χ3v) is 5.28. The van der Waals surface area contributed by atoms with E-state index in [1.54, 1.807) is 0 Å². The van der Waals surface area contributed by atoms with Crippen molar-refractivity contribution in [3.05, 3.63) is 10.6 Å². The van der Waals surface area contributed by atoms with Crippen molar-refractivity contribution in [1.82, 2.24) is 15.2 Å². The normalized spacial score (nSPS) is 25.0. The molecule has 5 heteroatoms. The first-order chi connectivity index (χ1) is 9.13. The van der Waals surface area contributed by atoms with Gasteiger partial charge in [-0.2, -0.15) is 0 Å². The zero-order valence-corrected chi connectivity index (χ0v) is 13.0. The molecular weight excluding hydrogens is 256 g/mol. The maximum atomic E-state index is 4.79. The summed E-state index contributed by atoms with van der Waals surface area (Å²) in [6.45, 7) is 8.81. The van der Waals surface area contributed by atoms with Crippen LogP contribution in [0.25, 0.3) is 0 Å². The first-order valence-electron chi connectivity index (χ1n) is 7.28. The Bertz CT molecular complexity index is 441. The number of piperazine rings is 1. The predicted octanol–water partition coefficient (Wildman–Crippen LogP) is 1.84.